The minimum Gasteiger partial charge on any atom is -0.384 e. The van der Waals surface area contributed by atoms with Gasteiger partial charge in [0.05, 0.1) is 6.61 Å². The molecule has 0 aliphatic rings. The van der Waals surface area contributed by atoms with E-state index in [1.54, 1.807) is 19.2 Å². The smallest absolute Gasteiger partial charge is 0.178 e. The molecule has 0 saturated heterocycles. The van der Waals surface area contributed by atoms with Crippen molar-refractivity contribution < 1.29 is 14.9 Å². The van der Waals surface area contributed by atoms with Gasteiger partial charge in [0.1, 0.15) is 0 Å². The van der Waals surface area contributed by atoms with Crippen LogP contribution in [0.25, 0.3) is 0 Å². The average Bonchev–Trinajstić information content (AvgIpc) is 2.15. The monoisotopic (exact) mass is 182 g/mol. The van der Waals surface area contributed by atoms with Crippen LogP contribution in [0.2, 0.25) is 0 Å². The Morgan fingerprint density at radius 1 is 1.23 bits per heavy atom. The van der Waals surface area contributed by atoms with Gasteiger partial charge < -0.3 is 14.9 Å². The molecule has 1 aromatic rings. The van der Waals surface area contributed by atoms with Crippen molar-refractivity contribution in [2.24, 2.45) is 0 Å². The summed E-state index contributed by atoms with van der Waals surface area (Å²) in [6.07, 6.45) is -0.533. The van der Waals surface area contributed by atoms with Crippen LogP contribution in [0.15, 0.2) is 24.3 Å². The average molecular weight is 182 g/mol. The molecule has 0 fully saturated rings. The van der Waals surface area contributed by atoms with Gasteiger partial charge in [-0.15, -0.1) is 0 Å². The minimum absolute atomic E-state index is 0.515. The molecular formula is C10H14O3. The van der Waals surface area contributed by atoms with E-state index in [9.17, 15) is 0 Å². The number of aliphatic hydroxyl groups excluding tert-OH is 1. The molecule has 0 saturated carbocycles. The zero-order valence-electron chi connectivity index (χ0n) is 7.60. The first-order chi connectivity index (χ1) is 6.24. The fourth-order valence-electron chi connectivity index (χ4n) is 1.08. The zero-order chi connectivity index (χ0) is 9.68. The molecule has 0 bridgehead atoms. The predicted molar refractivity (Wildman–Crippen MR) is 49.2 cm³/mol. The molecule has 0 aliphatic heterocycles. The fraction of sp³-hybridized carbons (Fsp3) is 0.400. The van der Waals surface area contributed by atoms with Crippen LogP contribution in [0, 0.1) is 0 Å². The first-order valence-electron chi connectivity index (χ1n) is 4.18. The minimum atomic E-state index is -1.38. The van der Waals surface area contributed by atoms with Crippen molar-refractivity contribution in [2.75, 3.05) is 13.7 Å². The lowest BCUT2D eigenvalue weighted by Gasteiger charge is -2.04. The molecule has 3 nitrogen and oxygen atoms in total. The van der Waals surface area contributed by atoms with Gasteiger partial charge in [0, 0.05) is 12.7 Å². The van der Waals surface area contributed by atoms with E-state index in [1.165, 1.54) is 0 Å². The van der Waals surface area contributed by atoms with E-state index in [1.807, 2.05) is 12.1 Å². The summed E-state index contributed by atoms with van der Waals surface area (Å²) in [7, 11) is 1.66. The van der Waals surface area contributed by atoms with Crippen LogP contribution in [0.5, 0.6) is 0 Å². The Bertz CT molecular complexity index is 241. The third-order valence-corrected chi connectivity index (χ3v) is 1.87. The van der Waals surface area contributed by atoms with Gasteiger partial charge in [-0.05, 0) is 12.0 Å². The number of hydrogen-bond acceptors (Lipinski definition) is 3. The second-order valence-electron chi connectivity index (χ2n) is 2.86. The Balaban J connectivity index is 2.59. The predicted octanol–water partition coefficient (Wildman–Crippen LogP) is 0.859. The first kappa shape index (κ1) is 10.2. The Labute approximate surface area is 77.6 Å². The van der Waals surface area contributed by atoms with E-state index in [0.29, 0.717) is 12.2 Å². The van der Waals surface area contributed by atoms with E-state index in [4.69, 9.17) is 14.9 Å². The van der Waals surface area contributed by atoms with Gasteiger partial charge in [0.25, 0.3) is 0 Å². The molecule has 0 spiro atoms. The summed E-state index contributed by atoms with van der Waals surface area (Å²) in [5.41, 5.74) is 1.65. The summed E-state index contributed by atoms with van der Waals surface area (Å²) in [6, 6.07) is 7.15. The van der Waals surface area contributed by atoms with Crippen LogP contribution >= 0.6 is 0 Å². The summed E-state index contributed by atoms with van der Waals surface area (Å²) in [5.74, 6) is 0. The molecule has 0 amide bonds. The molecule has 1 aromatic carbocycles. The fourth-order valence-corrected chi connectivity index (χ4v) is 1.08. The molecule has 3 heteroatoms. The van der Waals surface area contributed by atoms with Gasteiger partial charge in [-0.2, -0.15) is 0 Å². The third kappa shape index (κ3) is 3.14. The zero-order valence-corrected chi connectivity index (χ0v) is 7.60. The standard InChI is InChI=1S/C10H14O3/c1-13-7-6-8-2-4-9(5-3-8)10(11)12/h2-5,10-12H,6-7H2,1H3. The first-order valence-corrected chi connectivity index (χ1v) is 4.18. The topological polar surface area (TPSA) is 49.7 Å². The molecule has 0 atom stereocenters. The highest BCUT2D eigenvalue weighted by Crippen LogP contribution is 2.11. The number of rotatable bonds is 4. The normalized spacial score (nSPS) is 10.8. The Hall–Kier alpha value is -0.900. The van der Waals surface area contributed by atoms with Crippen LogP contribution < -0.4 is 0 Å². The van der Waals surface area contributed by atoms with E-state index in [-0.39, 0.29) is 0 Å². The van der Waals surface area contributed by atoms with Crippen molar-refractivity contribution in [1.82, 2.24) is 0 Å². The third-order valence-electron chi connectivity index (χ3n) is 1.87. The maximum Gasteiger partial charge on any atom is 0.178 e. The molecule has 0 aromatic heterocycles. The lowest BCUT2D eigenvalue weighted by atomic mass is 10.1. The maximum atomic E-state index is 8.82. The Morgan fingerprint density at radius 3 is 2.31 bits per heavy atom. The van der Waals surface area contributed by atoms with Crippen LogP contribution in [-0.4, -0.2) is 23.9 Å². The highest BCUT2D eigenvalue weighted by Gasteiger charge is 2.00. The largest absolute Gasteiger partial charge is 0.384 e. The van der Waals surface area contributed by atoms with E-state index >= 15 is 0 Å². The van der Waals surface area contributed by atoms with Crippen LogP contribution in [-0.2, 0) is 11.2 Å². The number of hydrogen-bond donors (Lipinski definition) is 2. The lowest BCUT2D eigenvalue weighted by Crippen LogP contribution is -1.97. The number of methoxy groups -OCH3 is 1. The molecule has 0 radical (unpaired) electrons. The van der Waals surface area contributed by atoms with Crippen LogP contribution in [0.4, 0.5) is 0 Å². The summed E-state index contributed by atoms with van der Waals surface area (Å²) in [4.78, 5) is 0. The molecule has 0 aliphatic carbocycles. The highest BCUT2D eigenvalue weighted by molar-refractivity contribution is 5.23. The summed E-state index contributed by atoms with van der Waals surface area (Å²) >= 11 is 0. The van der Waals surface area contributed by atoms with Gasteiger partial charge in [-0.25, -0.2) is 0 Å². The van der Waals surface area contributed by atoms with Crippen molar-refractivity contribution >= 4 is 0 Å². The van der Waals surface area contributed by atoms with Gasteiger partial charge in [0.15, 0.2) is 6.29 Å². The summed E-state index contributed by atoms with van der Waals surface area (Å²) < 4.78 is 4.92. The van der Waals surface area contributed by atoms with Crippen molar-refractivity contribution in [1.29, 1.82) is 0 Å². The second kappa shape index (κ2) is 4.97. The van der Waals surface area contributed by atoms with E-state index < -0.39 is 6.29 Å². The number of aliphatic hydroxyl groups is 2. The van der Waals surface area contributed by atoms with Gasteiger partial charge in [0.2, 0.25) is 0 Å². The van der Waals surface area contributed by atoms with Gasteiger partial charge in [-0.3, -0.25) is 0 Å². The Morgan fingerprint density at radius 2 is 1.85 bits per heavy atom. The van der Waals surface area contributed by atoms with Gasteiger partial charge >= 0.3 is 0 Å². The maximum absolute atomic E-state index is 8.82. The molecule has 0 unspecified atom stereocenters. The number of benzene rings is 1. The van der Waals surface area contributed by atoms with Crippen LogP contribution in [0.3, 0.4) is 0 Å². The van der Waals surface area contributed by atoms with Crippen molar-refractivity contribution in [3.8, 4) is 0 Å². The van der Waals surface area contributed by atoms with Crippen molar-refractivity contribution in [3.05, 3.63) is 35.4 Å². The molecule has 2 N–H and O–H groups in total. The van der Waals surface area contributed by atoms with Crippen molar-refractivity contribution in [2.45, 2.75) is 12.7 Å². The Kier molecular flexibility index (Phi) is 3.89. The lowest BCUT2D eigenvalue weighted by molar-refractivity contribution is -0.0424. The van der Waals surface area contributed by atoms with Gasteiger partial charge in [-0.1, -0.05) is 24.3 Å². The summed E-state index contributed by atoms with van der Waals surface area (Å²) in [6.45, 7) is 0.682. The van der Waals surface area contributed by atoms with E-state index in [2.05, 4.69) is 0 Å². The highest BCUT2D eigenvalue weighted by atomic mass is 16.5. The quantitative estimate of drug-likeness (QED) is 0.679. The summed E-state index contributed by atoms with van der Waals surface area (Å²) in [5, 5.41) is 17.6. The van der Waals surface area contributed by atoms with E-state index in [0.717, 1.165) is 12.0 Å². The number of ether oxygens (including phenoxy) is 1. The molecular weight excluding hydrogens is 168 g/mol. The second-order valence-corrected chi connectivity index (χ2v) is 2.86. The molecule has 1 rings (SSSR count). The molecule has 72 valence electrons. The SMILES string of the molecule is COCCc1ccc(C(O)O)cc1. The molecule has 13 heavy (non-hydrogen) atoms. The van der Waals surface area contributed by atoms with Crippen molar-refractivity contribution in [3.63, 3.8) is 0 Å². The molecule has 0 heterocycles. The van der Waals surface area contributed by atoms with Crippen LogP contribution in [0.1, 0.15) is 17.4 Å².